The minimum absolute atomic E-state index is 0.352. The zero-order chi connectivity index (χ0) is 23.8. The maximum Gasteiger partial charge on any atom is 0.336 e. The van der Waals surface area contributed by atoms with Crippen molar-refractivity contribution < 1.29 is 4.42 Å². The average Bonchev–Trinajstić information content (AvgIpc) is 3.32. The maximum absolute atomic E-state index is 12.5. The van der Waals surface area contributed by atoms with E-state index in [-0.39, 0.29) is 5.63 Å². The van der Waals surface area contributed by atoms with Crippen LogP contribution in [0.2, 0.25) is 0 Å². The van der Waals surface area contributed by atoms with Gasteiger partial charge in [-0.25, -0.2) is 4.79 Å². The van der Waals surface area contributed by atoms with Crippen molar-refractivity contribution in [2.75, 3.05) is 0 Å². The third kappa shape index (κ3) is 4.02. The number of nitrogens with zero attached hydrogens (tertiary/aromatic N) is 3. The number of rotatable bonds is 5. The SMILES string of the molecule is Cc1ccc(-c2nnc(SCc3cc(=O)oc4c3ccc3ccccc34)n2-c2ccccc2)cc1. The van der Waals surface area contributed by atoms with Crippen molar-refractivity contribution in [2.45, 2.75) is 17.8 Å². The number of aryl methyl sites for hydroxylation is 1. The molecule has 5 nitrogen and oxygen atoms in total. The van der Waals surface area contributed by atoms with E-state index in [1.807, 2.05) is 60.7 Å². The van der Waals surface area contributed by atoms with Crippen LogP contribution < -0.4 is 5.63 Å². The first-order chi connectivity index (χ1) is 17.2. The van der Waals surface area contributed by atoms with E-state index in [9.17, 15) is 4.79 Å². The van der Waals surface area contributed by atoms with Crippen LogP contribution in [0.4, 0.5) is 0 Å². The lowest BCUT2D eigenvalue weighted by Crippen LogP contribution is -2.02. The number of thioether (sulfide) groups is 1. The first kappa shape index (κ1) is 21.4. The molecule has 0 radical (unpaired) electrons. The molecule has 0 atom stereocenters. The van der Waals surface area contributed by atoms with Crippen molar-refractivity contribution in [1.82, 2.24) is 14.8 Å². The average molecular weight is 476 g/mol. The number of hydrogen-bond acceptors (Lipinski definition) is 5. The molecule has 170 valence electrons. The molecule has 0 unspecified atom stereocenters. The summed E-state index contributed by atoms with van der Waals surface area (Å²) in [7, 11) is 0. The highest BCUT2D eigenvalue weighted by Crippen LogP contribution is 2.33. The van der Waals surface area contributed by atoms with Gasteiger partial charge in [0.2, 0.25) is 0 Å². The molecule has 0 bridgehead atoms. The zero-order valence-corrected chi connectivity index (χ0v) is 19.8. The van der Waals surface area contributed by atoms with Crippen LogP contribution >= 0.6 is 11.8 Å². The van der Waals surface area contributed by atoms with Gasteiger partial charge in [0.25, 0.3) is 0 Å². The molecule has 0 spiro atoms. The Morgan fingerprint density at radius 2 is 1.60 bits per heavy atom. The van der Waals surface area contributed by atoms with Gasteiger partial charge in [-0.3, -0.25) is 4.57 Å². The molecule has 0 aliphatic carbocycles. The Morgan fingerprint density at radius 1 is 0.829 bits per heavy atom. The van der Waals surface area contributed by atoms with E-state index in [1.54, 1.807) is 17.8 Å². The smallest absolute Gasteiger partial charge is 0.336 e. The maximum atomic E-state index is 12.5. The highest BCUT2D eigenvalue weighted by molar-refractivity contribution is 7.98. The Kier molecular flexibility index (Phi) is 5.43. The van der Waals surface area contributed by atoms with Crippen LogP contribution in [0.15, 0.2) is 111 Å². The summed E-state index contributed by atoms with van der Waals surface area (Å²) in [6.07, 6.45) is 0. The van der Waals surface area contributed by atoms with Gasteiger partial charge in [-0.2, -0.15) is 0 Å². The van der Waals surface area contributed by atoms with Crippen LogP contribution in [0.25, 0.3) is 38.8 Å². The van der Waals surface area contributed by atoms with E-state index >= 15 is 0 Å². The van der Waals surface area contributed by atoms with Crippen LogP contribution in [0.5, 0.6) is 0 Å². The van der Waals surface area contributed by atoms with Gasteiger partial charge in [-0.05, 0) is 30.0 Å². The molecule has 0 saturated heterocycles. The second-order valence-electron chi connectivity index (χ2n) is 8.39. The highest BCUT2D eigenvalue weighted by Gasteiger charge is 2.17. The monoisotopic (exact) mass is 475 g/mol. The summed E-state index contributed by atoms with van der Waals surface area (Å²) >= 11 is 1.55. The second-order valence-corrected chi connectivity index (χ2v) is 9.33. The van der Waals surface area contributed by atoms with Crippen molar-refractivity contribution in [1.29, 1.82) is 0 Å². The lowest BCUT2D eigenvalue weighted by molar-refractivity contribution is 0.563. The lowest BCUT2D eigenvalue weighted by atomic mass is 10.0. The molecule has 0 saturated carbocycles. The first-order valence-electron chi connectivity index (χ1n) is 11.3. The number of fused-ring (bicyclic) bond motifs is 3. The van der Waals surface area contributed by atoms with Gasteiger partial charge >= 0.3 is 5.63 Å². The zero-order valence-electron chi connectivity index (χ0n) is 19.0. The molecular weight excluding hydrogens is 454 g/mol. The van der Waals surface area contributed by atoms with E-state index in [0.717, 1.165) is 44.0 Å². The molecule has 2 heterocycles. The third-order valence-electron chi connectivity index (χ3n) is 6.03. The Balaban J connectivity index is 1.43. The van der Waals surface area contributed by atoms with Gasteiger partial charge in [0.05, 0.1) is 0 Å². The summed E-state index contributed by atoms with van der Waals surface area (Å²) in [5.74, 6) is 1.33. The van der Waals surface area contributed by atoms with Gasteiger partial charge in [0.15, 0.2) is 11.0 Å². The summed E-state index contributed by atoms with van der Waals surface area (Å²) in [6, 6.07) is 32.0. The van der Waals surface area contributed by atoms with Crippen molar-refractivity contribution in [3.8, 4) is 17.1 Å². The van der Waals surface area contributed by atoms with Crippen LogP contribution in [0.1, 0.15) is 11.1 Å². The quantitative estimate of drug-likeness (QED) is 0.156. The normalized spacial score (nSPS) is 11.3. The molecule has 35 heavy (non-hydrogen) atoms. The van der Waals surface area contributed by atoms with Crippen LogP contribution in [0, 0.1) is 6.92 Å². The van der Waals surface area contributed by atoms with E-state index in [1.165, 1.54) is 5.56 Å². The molecule has 0 aliphatic rings. The van der Waals surface area contributed by atoms with E-state index in [2.05, 4.69) is 52.0 Å². The topological polar surface area (TPSA) is 60.9 Å². The third-order valence-corrected chi connectivity index (χ3v) is 7.01. The standard InChI is InChI=1S/C29H21N3O2S/c1-19-11-13-21(14-12-19)28-30-31-29(32(28)23-8-3-2-4-9-23)35-18-22-17-26(33)34-27-24-10-6-5-7-20(24)15-16-25(22)27/h2-17H,18H2,1H3. The fourth-order valence-corrected chi connectivity index (χ4v) is 5.22. The van der Waals surface area contributed by atoms with Crippen LogP contribution in [-0.4, -0.2) is 14.8 Å². The Bertz CT molecular complexity index is 1720. The number of aromatic nitrogens is 3. The predicted octanol–water partition coefficient (Wildman–Crippen LogP) is 6.79. The van der Waals surface area contributed by atoms with Gasteiger partial charge in [-0.1, -0.05) is 96.2 Å². The fourth-order valence-electron chi connectivity index (χ4n) is 4.28. The molecule has 6 heteroatoms. The van der Waals surface area contributed by atoms with Crippen molar-refractivity contribution >= 4 is 33.5 Å². The second kappa shape index (κ2) is 8.89. The summed E-state index contributed by atoms with van der Waals surface area (Å²) in [4.78, 5) is 12.5. The molecule has 0 amide bonds. The molecule has 2 aromatic heterocycles. The molecule has 6 aromatic rings. The molecular formula is C29H21N3O2S. The van der Waals surface area contributed by atoms with Crippen LogP contribution in [0.3, 0.4) is 0 Å². The Morgan fingerprint density at radius 3 is 2.43 bits per heavy atom. The van der Waals surface area contributed by atoms with Crippen molar-refractivity contribution in [3.63, 3.8) is 0 Å². The van der Waals surface area contributed by atoms with Gasteiger partial charge in [0, 0.05) is 33.8 Å². The van der Waals surface area contributed by atoms with Gasteiger partial charge in [0.1, 0.15) is 5.58 Å². The molecule has 0 aliphatic heterocycles. The fraction of sp³-hybridized carbons (Fsp3) is 0.0690. The lowest BCUT2D eigenvalue weighted by Gasteiger charge is -2.11. The predicted molar refractivity (Wildman–Crippen MR) is 141 cm³/mol. The summed E-state index contributed by atoms with van der Waals surface area (Å²) < 4.78 is 7.70. The minimum Gasteiger partial charge on any atom is -0.422 e. The number of hydrogen-bond donors (Lipinski definition) is 0. The summed E-state index contributed by atoms with van der Waals surface area (Å²) in [5, 5.41) is 12.7. The van der Waals surface area contributed by atoms with E-state index in [0.29, 0.717) is 11.3 Å². The molecule has 0 N–H and O–H groups in total. The number of benzene rings is 4. The van der Waals surface area contributed by atoms with Crippen molar-refractivity contribution in [3.05, 3.63) is 119 Å². The van der Waals surface area contributed by atoms with Crippen molar-refractivity contribution in [2.24, 2.45) is 0 Å². The summed E-state index contributed by atoms with van der Waals surface area (Å²) in [6.45, 7) is 2.07. The van der Waals surface area contributed by atoms with Gasteiger partial charge in [-0.15, -0.1) is 10.2 Å². The molecule has 0 fully saturated rings. The van der Waals surface area contributed by atoms with E-state index in [4.69, 9.17) is 4.42 Å². The van der Waals surface area contributed by atoms with Crippen LogP contribution in [-0.2, 0) is 5.75 Å². The Hall–Kier alpha value is -4.16. The molecule has 6 rings (SSSR count). The highest BCUT2D eigenvalue weighted by atomic mass is 32.2. The summed E-state index contributed by atoms with van der Waals surface area (Å²) in [5.41, 5.74) is 4.35. The minimum atomic E-state index is -0.352. The van der Waals surface area contributed by atoms with E-state index < -0.39 is 0 Å². The number of para-hydroxylation sites is 1. The Labute approximate surface area is 206 Å². The van der Waals surface area contributed by atoms with Gasteiger partial charge < -0.3 is 4.42 Å². The molecule has 4 aromatic carbocycles. The largest absolute Gasteiger partial charge is 0.422 e. The first-order valence-corrected chi connectivity index (χ1v) is 12.3.